The Morgan fingerprint density at radius 1 is 0.730 bits per heavy atom. The Balaban J connectivity index is 0.000000277. The molecule has 63 heavy (non-hydrogen) atoms. The Kier molecular flexibility index (Phi) is 16.6. The van der Waals surface area contributed by atoms with Gasteiger partial charge in [-0.05, 0) is 96.4 Å². The van der Waals surface area contributed by atoms with Crippen LogP contribution in [0, 0.1) is 11.8 Å². The van der Waals surface area contributed by atoms with E-state index in [0.29, 0.717) is 25.1 Å². The standard InChI is InChI=1S/C26H27NO3.C19H21F9O5/c1-3-30-24-11-7-6-9-18(24)16(2)14-22(26(28)29)25-21-15-17-8-4-5-10-19(17)20(21)12-13-23(25)27;1-3-11(7-10(2)16(29)30)5-4-6-13-14(32-18(23,24)25)8-12(31-17(20,21)22)9-15(13)33-19(26,27)28/h4-13,16,22H,3,14-15,27H2,1-2H3,(H,28,29);8-11H,3-7H2,1-2H3,(H,29,30). The van der Waals surface area contributed by atoms with Crippen molar-refractivity contribution < 1.29 is 78.3 Å². The summed E-state index contributed by atoms with van der Waals surface area (Å²) < 4.78 is 131. The first kappa shape index (κ1) is 49.8. The summed E-state index contributed by atoms with van der Waals surface area (Å²) in [6, 6.07) is 20.3. The predicted molar refractivity (Wildman–Crippen MR) is 215 cm³/mol. The Labute approximate surface area is 357 Å². The van der Waals surface area contributed by atoms with E-state index in [2.05, 4.69) is 33.3 Å². The van der Waals surface area contributed by atoms with Gasteiger partial charge in [0.05, 0.1) is 18.4 Å². The molecule has 0 aliphatic heterocycles. The van der Waals surface area contributed by atoms with Crippen molar-refractivity contribution in [2.24, 2.45) is 11.8 Å². The van der Waals surface area contributed by atoms with Gasteiger partial charge in [-0.25, -0.2) is 0 Å². The molecule has 0 saturated heterocycles. The molecule has 0 spiro atoms. The van der Waals surface area contributed by atoms with E-state index in [9.17, 15) is 54.2 Å². The molecule has 0 bridgehead atoms. The normalized spacial score (nSPS) is 14.2. The molecule has 4 aromatic rings. The topological polar surface area (TPSA) is 138 Å². The highest BCUT2D eigenvalue weighted by Crippen LogP contribution is 2.46. The summed E-state index contributed by atoms with van der Waals surface area (Å²) in [5.41, 5.74) is 12.5. The summed E-state index contributed by atoms with van der Waals surface area (Å²) in [5.74, 6) is -6.76. The second kappa shape index (κ2) is 21.0. The van der Waals surface area contributed by atoms with Crippen molar-refractivity contribution in [2.45, 2.75) is 104 Å². The Morgan fingerprint density at radius 2 is 1.32 bits per heavy atom. The fourth-order valence-electron chi connectivity index (χ4n) is 7.79. The smallest absolute Gasteiger partial charge is 0.494 e. The number of carboxylic acids is 2. The van der Waals surface area contributed by atoms with Crippen LogP contribution in [-0.4, -0.2) is 47.8 Å². The van der Waals surface area contributed by atoms with Crippen molar-refractivity contribution >= 4 is 17.6 Å². The van der Waals surface area contributed by atoms with Crippen LogP contribution in [0.1, 0.15) is 99.5 Å². The quantitative estimate of drug-likeness (QED) is 0.0579. The molecule has 18 heteroatoms. The molecular weight excluding hydrogens is 853 g/mol. The lowest BCUT2D eigenvalue weighted by Gasteiger charge is -2.23. The number of hydrogen-bond acceptors (Lipinski definition) is 7. The molecule has 0 saturated carbocycles. The molecule has 0 amide bonds. The van der Waals surface area contributed by atoms with Gasteiger partial charge in [0, 0.05) is 23.4 Å². The zero-order chi connectivity index (χ0) is 46.9. The number of halogens is 9. The monoisotopic (exact) mass is 901 g/mol. The van der Waals surface area contributed by atoms with E-state index in [1.165, 1.54) is 18.1 Å². The Bertz CT molecular complexity index is 2150. The molecule has 0 heterocycles. The number of anilines is 1. The number of nitrogens with two attached hydrogens (primary N) is 1. The fourth-order valence-corrected chi connectivity index (χ4v) is 7.79. The lowest BCUT2D eigenvalue weighted by molar-refractivity contribution is -0.278. The van der Waals surface area contributed by atoms with Crippen molar-refractivity contribution in [3.8, 4) is 34.1 Å². The lowest BCUT2D eigenvalue weighted by atomic mass is 9.82. The van der Waals surface area contributed by atoms with Crippen LogP contribution in [0.2, 0.25) is 0 Å². The van der Waals surface area contributed by atoms with Crippen LogP contribution in [0.4, 0.5) is 45.2 Å². The Morgan fingerprint density at radius 3 is 1.87 bits per heavy atom. The SMILES string of the molecule is CCC(CCCc1c(OC(F)(F)F)cc(OC(F)(F)F)cc1OC(F)(F)F)CC(C)C(=O)O.CCOc1ccccc1C(C)CC(C(=O)O)c1c(N)ccc2c1Cc1ccccc1-2. The van der Waals surface area contributed by atoms with Gasteiger partial charge in [0.15, 0.2) is 0 Å². The number of carboxylic acid groups (broad SMARTS) is 2. The van der Waals surface area contributed by atoms with Gasteiger partial charge in [-0.3, -0.25) is 9.59 Å². The van der Waals surface area contributed by atoms with Crippen molar-refractivity contribution in [3.63, 3.8) is 0 Å². The third kappa shape index (κ3) is 14.4. The van der Waals surface area contributed by atoms with Crippen molar-refractivity contribution in [3.05, 3.63) is 101 Å². The number of para-hydroxylation sites is 1. The minimum atomic E-state index is -5.43. The number of aliphatic carboxylic acids is 2. The number of ether oxygens (including phenoxy) is 4. The molecular formula is C45H48F9NO8. The second-order valence-electron chi connectivity index (χ2n) is 15.1. The van der Waals surface area contributed by atoms with Gasteiger partial charge in [0.25, 0.3) is 0 Å². The van der Waals surface area contributed by atoms with Crippen LogP contribution < -0.4 is 24.7 Å². The first-order valence-electron chi connectivity index (χ1n) is 20.0. The van der Waals surface area contributed by atoms with Crippen molar-refractivity contribution in [2.75, 3.05) is 12.3 Å². The van der Waals surface area contributed by atoms with Crippen LogP contribution in [0.3, 0.4) is 0 Å². The molecule has 344 valence electrons. The molecule has 0 aromatic heterocycles. The van der Waals surface area contributed by atoms with E-state index in [0.717, 1.165) is 34.4 Å². The average Bonchev–Trinajstić information content (AvgIpc) is 3.55. The van der Waals surface area contributed by atoms with Crippen LogP contribution in [0.25, 0.3) is 11.1 Å². The summed E-state index contributed by atoms with van der Waals surface area (Å²) in [6.07, 6.45) is -14.6. The molecule has 1 aliphatic rings. The maximum atomic E-state index is 12.8. The van der Waals surface area contributed by atoms with Crippen molar-refractivity contribution in [1.29, 1.82) is 0 Å². The summed E-state index contributed by atoms with van der Waals surface area (Å²) in [6.45, 7) is 7.77. The van der Waals surface area contributed by atoms with E-state index in [4.69, 9.17) is 15.6 Å². The number of fused-ring (bicyclic) bond motifs is 3. The van der Waals surface area contributed by atoms with E-state index in [1.54, 1.807) is 6.92 Å². The zero-order valence-electron chi connectivity index (χ0n) is 34.7. The number of nitrogen functional groups attached to an aromatic ring is 1. The van der Waals surface area contributed by atoms with Gasteiger partial charge in [0.1, 0.15) is 23.0 Å². The summed E-state index contributed by atoms with van der Waals surface area (Å²) in [4.78, 5) is 23.4. The van der Waals surface area contributed by atoms with Gasteiger partial charge in [-0.1, -0.05) is 82.1 Å². The average molecular weight is 902 g/mol. The molecule has 4 aromatic carbocycles. The number of carbonyl (C=O) groups is 2. The molecule has 1 aliphatic carbocycles. The zero-order valence-corrected chi connectivity index (χ0v) is 34.7. The van der Waals surface area contributed by atoms with Gasteiger partial charge in [0.2, 0.25) is 0 Å². The Hall–Kier alpha value is -5.81. The number of alkyl halides is 9. The molecule has 4 unspecified atom stereocenters. The largest absolute Gasteiger partial charge is 0.573 e. The number of benzene rings is 4. The summed E-state index contributed by atoms with van der Waals surface area (Å²) in [5, 5.41) is 19.2. The van der Waals surface area contributed by atoms with E-state index < -0.39 is 72.1 Å². The first-order chi connectivity index (χ1) is 29.4. The van der Waals surface area contributed by atoms with Crippen LogP contribution in [-0.2, 0) is 22.4 Å². The van der Waals surface area contributed by atoms with E-state index in [1.807, 2.05) is 55.5 Å². The predicted octanol–water partition coefficient (Wildman–Crippen LogP) is 12.4. The minimum absolute atomic E-state index is 0.00730. The van der Waals surface area contributed by atoms with Gasteiger partial charge in [-0.2, -0.15) is 0 Å². The maximum absolute atomic E-state index is 12.8. The molecule has 5 rings (SSSR count). The highest BCUT2D eigenvalue weighted by molar-refractivity contribution is 5.86. The van der Waals surface area contributed by atoms with Crippen LogP contribution in [0.15, 0.2) is 72.8 Å². The van der Waals surface area contributed by atoms with Crippen molar-refractivity contribution in [1.82, 2.24) is 0 Å². The number of hydrogen-bond donors (Lipinski definition) is 3. The molecule has 4 N–H and O–H groups in total. The lowest BCUT2D eigenvalue weighted by Crippen LogP contribution is -2.22. The van der Waals surface area contributed by atoms with Gasteiger partial charge in [-0.15, -0.1) is 39.5 Å². The summed E-state index contributed by atoms with van der Waals surface area (Å²) >= 11 is 0. The van der Waals surface area contributed by atoms with Crippen LogP contribution >= 0.6 is 0 Å². The second-order valence-corrected chi connectivity index (χ2v) is 15.1. The molecule has 4 atom stereocenters. The third-order valence-electron chi connectivity index (χ3n) is 10.6. The van der Waals surface area contributed by atoms with Gasteiger partial charge >= 0.3 is 31.0 Å². The highest BCUT2D eigenvalue weighted by Gasteiger charge is 2.39. The highest BCUT2D eigenvalue weighted by atomic mass is 19.4. The van der Waals surface area contributed by atoms with E-state index >= 15 is 0 Å². The fraction of sp³-hybridized carbons (Fsp3) is 0.422. The third-order valence-corrected chi connectivity index (χ3v) is 10.6. The minimum Gasteiger partial charge on any atom is -0.494 e. The molecule has 0 fully saturated rings. The first-order valence-corrected chi connectivity index (χ1v) is 20.0. The number of rotatable bonds is 18. The summed E-state index contributed by atoms with van der Waals surface area (Å²) in [7, 11) is 0. The van der Waals surface area contributed by atoms with Gasteiger partial charge < -0.3 is 34.9 Å². The molecule has 9 nitrogen and oxygen atoms in total. The van der Waals surface area contributed by atoms with E-state index in [-0.39, 0.29) is 43.2 Å². The maximum Gasteiger partial charge on any atom is 0.573 e. The van der Waals surface area contributed by atoms with Crippen LogP contribution in [0.5, 0.6) is 23.0 Å². The molecule has 0 radical (unpaired) electrons.